The number of methoxy groups -OCH3 is 1. The van der Waals surface area contributed by atoms with E-state index in [0.717, 1.165) is 16.7 Å². The van der Waals surface area contributed by atoms with Gasteiger partial charge in [-0.05, 0) is 61.1 Å². The van der Waals surface area contributed by atoms with Gasteiger partial charge >= 0.3 is 0 Å². The molecule has 1 aliphatic rings. The van der Waals surface area contributed by atoms with E-state index in [1.807, 2.05) is 19.1 Å². The van der Waals surface area contributed by atoms with Crippen LogP contribution in [0.2, 0.25) is 0 Å². The molecule has 32 heavy (non-hydrogen) atoms. The van der Waals surface area contributed by atoms with Crippen LogP contribution in [0, 0.1) is 18.8 Å². The van der Waals surface area contributed by atoms with Gasteiger partial charge in [0.25, 0.3) is 5.91 Å². The second-order valence-electron chi connectivity index (χ2n) is 8.53. The zero-order valence-electron chi connectivity index (χ0n) is 18.6. The van der Waals surface area contributed by atoms with E-state index >= 15 is 0 Å². The van der Waals surface area contributed by atoms with Gasteiger partial charge in [0.05, 0.1) is 16.7 Å². The summed E-state index contributed by atoms with van der Waals surface area (Å²) in [4.78, 5) is 17.4. The molecule has 0 radical (unpaired) electrons. The number of rotatable bonds is 5. The Morgan fingerprint density at radius 1 is 1.12 bits per heavy atom. The number of anilines is 1. The Labute approximate surface area is 192 Å². The third-order valence-electron chi connectivity index (χ3n) is 5.73. The number of hydrogen-bond donors (Lipinski definition) is 1. The van der Waals surface area contributed by atoms with E-state index < -0.39 is 10.0 Å². The largest absolute Gasteiger partial charge is 0.494 e. The summed E-state index contributed by atoms with van der Waals surface area (Å²) in [5.41, 5.74) is 2.13. The lowest BCUT2D eigenvalue weighted by Crippen LogP contribution is -2.42. The number of aryl methyl sites for hydroxylation is 1. The number of sulfonamides is 1. The standard InChI is InChI=1S/C23H27N3O4S2/c1-14-11-15(2)13-26(12-14)32(28,29)18-8-6-17(7-9-18)22(27)25-23-24-20-19(30-4)10-5-16(3)21(20)31-23/h5-10,14-15H,11-13H2,1-4H3,(H,24,25,27)/t14-,15+. The summed E-state index contributed by atoms with van der Waals surface area (Å²) in [6, 6.07) is 9.88. The minimum absolute atomic E-state index is 0.204. The van der Waals surface area contributed by atoms with Gasteiger partial charge in [-0.15, -0.1) is 0 Å². The van der Waals surface area contributed by atoms with Crippen LogP contribution in [0.3, 0.4) is 0 Å². The summed E-state index contributed by atoms with van der Waals surface area (Å²) in [7, 11) is -2.00. The molecule has 1 aromatic heterocycles. The molecule has 0 saturated carbocycles. The number of nitrogens with zero attached hydrogens (tertiary/aromatic N) is 2. The average Bonchev–Trinajstić information content (AvgIpc) is 3.18. The third-order valence-corrected chi connectivity index (χ3v) is 8.69. The molecule has 9 heteroatoms. The van der Waals surface area contributed by atoms with Crippen molar-refractivity contribution in [3.05, 3.63) is 47.5 Å². The van der Waals surface area contributed by atoms with Crippen molar-refractivity contribution in [2.45, 2.75) is 32.1 Å². The first-order chi connectivity index (χ1) is 15.2. The van der Waals surface area contributed by atoms with E-state index in [9.17, 15) is 13.2 Å². The molecule has 4 rings (SSSR count). The normalized spacial score (nSPS) is 19.8. The Bertz CT molecular complexity index is 1240. The van der Waals surface area contributed by atoms with Crippen LogP contribution in [0.1, 0.15) is 36.2 Å². The van der Waals surface area contributed by atoms with E-state index in [-0.39, 0.29) is 10.8 Å². The van der Waals surface area contributed by atoms with Crippen LogP contribution in [0.25, 0.3) is 10.2 Å². The number of carbonyl (C=O) groups is 1. The molecule has 3 aromatic rings. The highest BCUT2D eigenvalue weighted by molar-refractivity contribution is 7.89. The molecule has 0 spiro atoms. The molecule has 0 aliphatic carbocycles. The molecule has 2 aromatic carbocycles. The van der Waals surface area contributed by atoms with Crippen LogP contribution < -0.4 is 10.1 Å². The molecule has 1 amide bonds. The number of fused-ring (bicyclic) bond motifs is 1. The highest BCUT2D eigenvalue weighted by atomic mass is 32.2. The Hall–Kier alpha value is -2.49. The smallest absolute Gasteiger partial charge is 0.257 e. The van der Waals surface area contributed by atoms with Crippen LogP contribution in [0.4, 0.5) is 5.13 Å². The monoisotopic (exact) mass is 473 g/mol. The SMILES string of the molecule is COc1ccc(C)c2sc(NC(=O)c3ccc(S(=O)(=O)N4C[C@H](C)C[C@H](C)C4)cc3)nc12. The second-order valence-corrected chi connectivity index (χ2v) is 11.5. The van der Waals surface area contributed by atoms with Gasteiger partial charge in [-0.3, -0.25) is 10.1 Å². The number of carbonyl (C=O) groups excluding carboxylic acids is 1. The maximum Gasteiger partial charge on any atom is 0.257 e. The molecule has 2 atom stereocenters. The summed E-state index contributed by atoms with van der Waals surface area (Å²) < 4.78 is 34.0. The lowest BCUT2D eigenvalue weighted by Gasteiger charge is -2.34. The van der Waals surface area contributed by atoms with Crippen LogP contribution in [-0.2, 0) is 10.0 Å². The molecular formula is C23H27N3O4S2. The number of amides is 1. The van der Waals surface area contributed by atoms with Crippen molar-refractivity contribution in [1.82, 2.24) is 9.29 Å². The van der Waals surface area contributed by atoms with E-state index in [4.69, 9.17) is 4.74 Å². The van der Waals surface area contributed by atoms with Gasteiger partial charge in [-0.2, -0.15) is 4.31 Å². The summed E-state index contributed by atoms with van der Waals surface area (Å²) in [6.07, 6.45) is 1.03. The van der Waals surface area contributed by atoms with Crippen LogP contribution >= 0.6 is 11.3 Å². The minimum Gasteiger partial charge on any atom is -0.494 e. The summed E-state index contributed by atoms with van der Waals surface area (Å²) >= 11 is 1.38. The van der Waals surface area contributed by atoms with E-state index in [0.29, 0.717) is 46.9 Å². The number of aromatic nitrogens is 1. The number of thiazole rings is 1. The molecule has 1 saturated heterocycles. The van der Waals surface area contributed by atoms with E-state index in [1.54, 1.807) is 11.4 Å². The van der Waals surface area contributed by atoms with Gasteiger partial charge in [-0.1, -0.05) is 31.3 Å². The van der Waals surface area contributed by atoms with Crippen molar-refractivity contribution >= 4 is 42.6 Å². The Balaban J connectivity index is 1.52. The lowest BCUT2D eigenvalue weighted by molar-refractivity contribution is 0.102. The van der Waals surface area contributed by atoms with Crippen molar-refractivity contribution in [2.75, 3.05) is 25.5 Å². The first-order valence-corrected chi connectivity index (χ1v) is 12.8. The molecule has 170 valence electrons. The quantitative estimate of drug-likeness (QED) is 0.588. The molecule has 1 N–H and O–H groups in total. The fourth-order valence-corrected chi connectivity index (χ4v) is 6.85. The Morgan fingerprint density at radius 2 is 1.78 bits per heavy atom. The van der Waals surface area contributed by atoms with Crippen molar-refractivity contribution in [3.63, 3.8) is 0 Å². The van der Waals surface area contributed by atoms with Crippen molar-refractivity contribution < 1.29 is 17.9 Å². The minimum atomic E-state index is -3.58. The van der Waals surface area contributed by atoms with Crippen LogP contribution in [-0.4, -0.2) is 43.8 Å². The molecular weight excluding hydrogens is 446 g/mol. The number of benzene rings is 2. The average molecular weight is 474 g/mol. The number of nitrogens with one attached hydrogen (secondary N) is 1. The van der Waals surface area contributed by atoms with Gasteiger partial charge in [0, 0.05) is 18.7 Å². The molecule has 1 fully saturated rings. The molecule has 0 bridgehead atoms. The summed E-state index contributed by atoms with van der Waals surface area (Å²) in [6.45, 7) is 7.18. The van der Waals surface area contributed by atoms with Gasteiger partial charge in [0.1, 0.15) is 11.3 Å². The van der Waals surface area contributed by atoms with Crippen molar-refractivity contribution in [3.8, 4) is 5.75 Å². The van der Waals surface area contributed by atoms with Gasteiger partial charge in [0.15, 0.2) is 5.13 Å². The summed E-state index contributed by atoms with van der Waals surface area (Å²) in [5.74, 6) is 0.965. The van der Waals surface area contributed by atoms with Crippen molar-refractivity contribution in [1.29, 1.82) is 0 Å². The highest BCUT2D eigenvalue weighted by Gasteiger charge is 2.31. The molecule has 7 nitrogen and oxygen atoms in total. The first kappa shape index (κ1) is 22.7. The first-order valence-electron chi connectivity index (χ1n) is 10.5. The maximum atomic E-state index is 13.0. The number of ether oxygens (including phenoxy) is 1. The lowest BCUT2D eigenvalue weighted by atomic mass is 9.94. The fraction of sp³-hybridized carbons (Fsp3) is 0.391. The second kappa shape index (κ2) is 8.80. The zero-order chi connectivity index (χ0) is 23.0. The van der Waals surface area contributed by atoms with Crippen LogP contribution in [0.15, 0.2) is 41.3 Å². The zero-order valence-corrected chi connectivity index (χ0v) is 20.2. The van der Waals surface area contributed by atoms with Crippen LogP contribution in [0.5, 0.6) is 5.75 Å². The maximum absolute atomic E-state index is 13.0. The van der Waals surface area contributed by atoms with Gasteiger partial charge in [0.2, 0.25) is 10.0 Å². The molecule has 0 unspecified atom stereocenters. The van der Waals surface area contributed by atoms with E-state index in [2.05, 4.69) is 24.1 Å². The Kier molecular flexibility index (Phi) is 6.24. The van der Waals surface area contributed by atoms with E-state index in [1.165, 1.54) is 35.6 Å². The highest BCUT2D eigenvalue weighted by Crippen LogP contribution is 2.35. The predicted octanol–water partition coefficient (Wildman–Crippen LogP) is 4.53. The fourth-order valence-electron chi connectivity index (χ4n) is 4.23. The number of piperidine rings is 1. The molecule has 2 heterocycles. The number of hydrogen-bond acceptors (Lipinski definition) is 6. The molecule has 1 aliphatic heterocycles. The van der Waals surface area contributed by atoms with Gasteiger partial charge in [-0.25, -0.2) is 13.4 Å². The third kappa shape index (κ3) is 4.37. The van der Waals surface area contributed by atoms with Crippen molar-refractivity contribution in [2.24, 2.45) is 11.8 Å². The Morgan fingerprint density at radius 3 is 2.41 bits per heavy atom. The predicted molar refractivity (Wildman–Crippen MR) is 127 cm³/mol. The summed E-state index contributed by atoms with van der Waals surface area (Å²) in [5, 5.41) is 3.28. The van der Waals surface area contributed by atoms with Gasteiger partial charge < -0.3 is 4.74 Å². The topological polar surface area (TPSA) is 88.6 Å².